The van der Waals surface area contributed by atoms with Crippen LogP contribution in [0.25, 0.3) is 0 Å². The van der Waals surface area contributed by atoms with Crippen LogP contribution in [0.4, 0.5) is 5.69 Å². The Bertz CT molecular complexity index is 847. The van der Waals surface area contributed by atoms with Gasteiger partial charge in [-0.15, -0.1) is 11.8 Å². The van der Waals surface area contributed by atoms with Crippen molar-refractivity contribution in [1.29, 1.82) is 0 Å². The number of phenols is 1. The lowest BCUT2D eigenvalue weighted by atomic mass is 10.0. The van der Waals surface area contributed by atoms with Gasteiger partial charge >= 0.3 is 0 Å². The quantitative estimate of drug-likeness (QED) is 0.257. The zero-order valence-electron chi connectivity index (χ0n) is 21.1. The average Bonchev–Trinajstić information content (AvgIpc) is 2.78. The van der Waals surface area contributed by atoms with E-state index in [2.05, 4.69) is 39.1 Å². The molecule has 0 spiro atoms. The van der Waals surface area contributed by atoms with Gasteiger partial charge in [-0.05, 0) is 73.4 Å². The van der Waals surface area contributed by atoms with Crippen LogP contribution < -0.4 is 5.32 Å². The fourth-order valence-corrected chi connectivity index (χ4v) is 5.30. The third-order valence-electron chi connectivity index (χ3n) is 6.29. The number of aryl methyl sites for hydroxylation is 2. The molecule has 0 aliphatic heterocycles. The lowest BCUT2D eigenvalue weighted by Gasteiger charge is -2.19. The number of carbonyl (C=O) groups is 1. The van der Waals surface area contributed by atoms with Crippen molar-refractivity contribution in [2.24, 2.45) is 0 Å². The Hall–Kier alpha value is -1.94. The van der Waals surface area contributed by atoms with Gasteiger partial charge < -0.3 is 10.4 Å². The van der Waals surface area contributed by atoms with E-state index in [1.54, 1.807) is 23.9 Å². The number of thioether (sulfide) groups is 1. The van der Waals surface area contributed by atoms with Crippen LogP contribution in [0.1, 0.15) is 98.6 Å². The van der Waals surface area contributed by atoms with Crippen LogP contribution in [0.2, 0.25) is 0 Å². The first-order valence-electron chi connectivity index (χ1n) is 12.7. The number of aromatic hydroxyl groups is 1. The van der Waals surface area contributed by atoms with Gasteiger partial charge in [0.2, 0.25) is 5.91 Å². The van der Waals surface area contributed by atoms with Gasteiger partial charge in [0.15, 0.2) is 0 Å². The number of unbranched alkanes of at least 4 members (excludes halogenated alkanes) is 9. The van der Waals surface area contributed by atoms with Crippen molar-refractivity contribution >= 4 is 23.4 Å². The molecule has 0 aromatic heterocycles. The molecular weight excluding hydrogens is 426 g/mol. The summed E-state index contributed by atoms with van der Waals surface area (Å²) in [7, 11) is 0. The molecule has 0 heterocycles. The monoisotopic (exact) mass is 469 g/mol. The van der Waals surface area contributed by atoms with Gasteiger partial charge in [-0.2, -0.15) is 0 Å². The fraction of sp³-hybridized carbons (Fsp3) is 0.552. The Kier molecular flexibility index (Phi) is 12.5. The maximum atomic E-state index is 13.3. The number of amides is 1. The Morgan fingerprint density at radius 3 is 2.06 bits per heavy atom. The summed E-state index contributed by atoms with van der Waals surface area (Å²) in [6, 6.07) is 11.2. The van der Waals surface area contributed by atoms with E-state index in [0.717, 1.165) is 34.6 Å². The number of nitrogens with one attached hydrogen (secondary N) is 1. The van der Waals surface area contributed by atoms with Crippen LogP contribution in [0, 0.1) is 20.8 Å². The lowest BCUT2D eigenvalue weighted by molar-refractivity contribution is -0.115. The minimum absolute atomic E-state index is 0.00543. The predicted octanol–water partition coefficient (Wildman–Crippen LogP) is 8.65. The Morgan fingerprint density at radius 1 is 0.879 bits per heavy atom. The fourth-order valence-electron chi connectivity index (χ4n) is 4.13. The molecule has 2 rings (SSSR count). The summed E-state index contributed by atoms with van der Waals surface area (Å²) < 4.78 is 0. The highest BCUT2D eigenvalue weighted by Crippen LogP contribution is 2.33. The van der Waals surface area contributed by atoms with Crippen LogP contribution >= 0.6 is 11.8 Å². The number of hydrogen-bond donors (Lipinski definition) is 2. The zero-order valence-corrected chi connectivity index (χ0v) is 21.9. The second-order valence-corrected chi connectivity index (χ2v) is 10.5. The lowest BCUT2D eigenvalue weighted by Crippen LogP contribution is -2.20. The Labute approximate surface area is 205 Å². The molecule has 0 fully saturated rings. The number of benzene rings is 2. The van der Waals surface area contributed by atoms with E-state index < -0.39 is 0 Å². The maximum Gasteiger partial charge on any atom is 0.242 e. The van der Waals surface area contributed by atoms with Crippen molar-refractivity contribution in [3.8, 4) is 5.75 Å². The highest BCUT2D eigenvalue weighted by atomic mass is 32.2. The van der Waals surface area contributed by atoms with Crippen LogP contribution in [-0.2, 0) is 4.79 Å². The molecular formula is C29H43NO2S. The molecule has 182 valence electrons. The van der Waals surface area contributed by atoms with Crippen molar-refractivity contribution in [2.75, 3.05) is 11.1 Å². The third-order valence-corrected chi connectivity index (χ3v) is 7.63. The number of phenolic OH excluding ortho intramolecular Hbond substituents is 1. The largest absolute Gasteiger partial charge is 0.508 e. The van der Waals surface area contributed by atoms with Crippen LogP contribution in [0.3, 0.4) is 0 Å². The molecule has 4 heteroatoms. The Morgan fingerprint density at radius 2 is 1.45 bits per heavy atom. The smallest absolute Gasteiger partial charge is 0.242 e. The van der Waals surface area contributed by atoms with E-state index in [1.165, 1.54) is 63.4 Å². The van der Waals surface area contributed by atoms with Gasteiger partial charge in [-0.1, -0.05) is 82.9 Å². The molecule has 2 aromatic carbocycles. The van der Waals surface area contributed by atoms with Gasteiger partial charge in [-0.3, -0.25) is 4.79 Å². The first-order valence-corrected chi connectivity index (χ1v) is 13.8. The van der Waals surface area contributed by atoms with Crippen molar-refractivity contribution < 1.29 is 9.90 Å². The number of rotatable bonds is 15. The molecule has 0 bridgehead atoms. The predicted molar refractivity (Wildman–Crippen MR) is 144 cm³/mol. The van der Waals surface area contributed by atoms with Gasteiger partial charge in [0.25, 0.3) is 0 Å². The van der Waals surface area contributed by atoms with E-state index >= 15 is 0 Å². The average molecular weight is 470 g/mol. The molecule has 33 heavy (non-hydrogen) atoms. The molecule has 1 unspecified atom stereocenters. The van der Waals surface area contributed by atoms with Gasteiger partial charge in [0, 0.05) is 5.69 Å². The summed E-state index contributed by atoms with van der Waals surface area (Å²) in [4.78, 5) is 13.3. The van der Waals surface area contributed by atoms with Gasteiger partial charge in [0.1, 0.15) is 11.0 Å². The highest BCUT2D eigenvalue weighted by molar-refractivity contribution is 8.00. The van der Waals surface area contributed by atoms with Crippen LogP contribution in [0.15, 0.2) is 36.4 Å². The highest BCUT2D eigenvalue weighted by Gasteiger charge is 2.22. The summed E-state index contributed by atoms with van der Waals surface area (Å²) in [5.74, 6) is 1.19. The number of anilines is 1. The second-order valence-electron chi connectivity index (χ2n) is 9.27. The van der Waals surface area contributed by atoms with E-state index in [1.807, 2.05) is 18.2 Å². The topological polar surface area (TPSA) is 49.3 Å². The molecule has 1 amide bonds. The molecule has 3 nitrogen and oxygen atoms in total. The zero-order chi connectivity index (χ0) is 24.1. The van der Waals surface area contributed by atoms with E-state index in [9.17, 15) is 9.90 Å². The van der Waals surface area contributed by atoms with Crippen molar-refractivity contribution in [3.63, 3.8) is 0 Å². The van der Waals surface area contributed by atoms with Gasteiger partial charge in [0.05, 0.1) is 0 Å². The van der Waals surface area contributed by atoms with Crippen LogP contribution in [-0.4, -0.2) is 16.8 Å². The molecule has 0 radical (unpaired) electrons. The normalized spacial score (nSPS) is 12.0. The minimum Gasteiger partial charge on any atom is -0.508 e. The standard InChI is InChI=1S/C29H43NO2S/c1-5-6-7-8-9-10-11-12-13-14-19-33-28(25-15-17-26(31)18-16-25)29(32)30-27-21-22(2)20-23(3)24(27)4/h15-18,20-21,28,31H,5-14,19H2,1-4H3,(H,30,32). The SMILES string of the molecule is CCCCCCCCCCCCSC(C(=O)Nc1cc(C)cc(C)c1C)c1ccc(O)cc1. The summed E-state index contributed by atoms with van der Waals surface area (Å²) in [6.45, 7) is 8.45. The van der Waals surface area contributed by atoms with Gasteiger partial charge in [-0.25, -0.2) is 0 Å². The number of hydrogen-bond acceptors (Lipinski definition) is 3. The number of carbonyl (C=O) groups excluding carboxylic acids is 1. The van der Waals surface area contributed by atoms with Crippen molar-refractivity contribution in [1.82, 2.24) is 0 Å². The molecule has 0 aliphatic carbocycles. The first kappa shape index (κ1) is 27.3. The van der Waals surface area contributed by atoms with E-state index in [-0.39, 0.29) is 16.9 Å². The molecule has 0 aliphatic rings. The molecule has 1 atom stereocenters. The second kappa shape index (κ2) is 15.1. The molecule has 0 saturated heterocycles. The van der Waals surface area contributed by atoms with Crippen LogP contribution in [0.5, 0.6) is 5.75 Å². The minimum atomic E-state index is -0.288. The van der Waals surface area contributed by atoms with Crippen molar-refractivity contribution in [3.05, 3.63) is 58.7 Å². The molecule has 2 aromatic rings. The first-order chi connectivity index (χ1) is 15.9. The van der Waals surface area contributed by atoms with E-state index in [0.29, 0.717) is 0 Å². The molecule has 0 saturated carbocycles. The maximum absolute atomic E-state index is 13.3. The third kappa shape index (κ3) is 9.83. The summed E-state index contributed by atoms with van der Waals surface area (Å²) >= 11 is 1.71. The summed E-state index contributed by atoms with van der Waals surface area (Å²) in [5.41, 5.74) is 5.26. The Balaban J connectivity index is 1.86. The summed E-state index contributed by atoms with van der Waals surface area (Å²) in [5, 5.41) is 12.6. The van der Waals surface area contributed by atoms with Crippen molar-refractivity contribution in [2.45, 2.75) is 97.2 Å². The van der Waals surface area contributed by atoms with E-state index in [4.69, 9.17) is 0 Å². The molecule has 2 N–H and O–H groups in total. The summed E-state index contributed by atoms with van der Waals surface area (Å²) in [6.07, 6.45) is 13.1.